The number of aromatic hydroxyl groups is 1. The molecule has 1 aliphatic heterocycles. The first-order valence-corrected chi connectivity index (χ1v) is 8.33. The van der Waals surface area contributed by atoms with E-state index in [1.54, 1.807) is 6.07 Å². The summed E-state index contributed by atoms with van der Waals surface area (Å²) in [5, 5.41) is 10.1. The van der Waals surface area contributed by atoms with E-state index in [1.807, 2.05) is 17.0 Å². The highest BCUT2D eigenvalue weighted by molar-refractivity contribution is 5.96. The molecule has 1 heterocycles. The Morgan fingerprint density at radius 1 is 1.29 bits per heavy atom. The molecule has 2 aliphatic carbocycles. The van der Waals surface area contributed by atoms with Crippen LogP contribution in [0.1, 0.15) is 44.1 Å². The average Bonchev–Trinajstić information content (AvgIpc) is 3.09. The lowest BCUT2D eigenvalue weighted by Gasteiger charge is -2.32. The van der Waals surface area contributed by atoms with Crippen molar-refractivity contribution in [3.05, 3.63) is 23.8 Å². The number of benzene rings is 1. The SMILES string of the molecule is O=C(CC1CC2CCC1C2)N1CCCc2cccc(O)c21. The molecule has 1 N–H and O–H groups in total. The van der Waals surface area contributed by atoms with Crippen molar-refractivity contribution in [3.8, 4) is 5.75 Å². The molecule has 0 spiro atoms. The molecule has 3 atom stereocenters. The molecule has 2 saturated carbocycles. The number of rotatable bonds is 2. The zero-order valence-electron chi connectivity index (χ0n) is 12.4. The number of hydrogen-bond donors (Lipinski definition) is 1. The molecular formula is C18H23NO2. The Kier molecular flexibility index (Phi) is 3.16. The Bertz CT molecular complexity index is 568. The molecule has 3 heteroatoms. The van der Waals surface area contributed by atoms with Gasteiger partial charge in [-0.2, -0.15) is 0 Å². The minimum absolute atomic E-state index is 0.218. The van der Waals surface area contributed by atoms with Crippen LogP contribution < -0.4 is 4.90 Å². The van der Waals surface area contributed by atoms with Gasteiger partial charge in [0.25, 0.3) is 0 Å². The Balaban J connectivity index is 1.53. The van der Waals surface area contributed by atoms with E-state index in [4.69, 9.17) is 0 Å². The molecule has 21 heavy (non-hydrogen) atoms. The summed E-state index contributed by atoms with van der Waals surface area (Å²) in [5.74, 6) is 2.73. The second-order valence-corrected chi connectivity index (χ2v) is 7.07. The number of anilines is 1. The third-order valence-electron chi connectivity index (χ3n) is 5.82. The molecule has 0 saturated heterocycles. The summed E-state index contributed by atoms with van der Waals surface area (Å²) < 4.78 is 0. The van der Waals surface area contributed by atoms with Crippen molar-refractivity contribution in [1.82, 2.24) is 0 Å². The van der Waals surface area contributed by atoms with Crippen molar-refractivity contribution >= 4 is 11.6 Å². The molecule has 3 aliphatic rings. The maximum absolute atomic E-state index is 12.8. The highest BCUT2D eigenvalue weighted by Crippen LogP contribution is 2.50. The van der Waals surface area contributed by atoms with Gasteiger partial charge in [-0.3, -0.25) is 4.79 Å². The number of phenols is 1. The molecule has 0 aromatic heterocycles. The van der Waals surface area contributed by atoms with E-state index < -0.39 is 0 Å². The van der Waals surface area contributed by atoms with E-state index in [0.717, 1.165) is 42.5 Å². The Hall–Kier alpha value is -1.51. The van der Waals surface area contributed by atoms with Crippen LogP contribution in [-0.2, 0) is 11.2 Å². The summed E-state index contributed by atoms with van der Waals surface area (Å²) in [5.41, 5.74) is 1.89. The zero-order chi connectivity index (χ0) is 14.4. The van der Waals surface area contributed by atoms with Gasteiger partial charge in [-0.1, -0.05) is 18.6 Å². The van der Waals surface area contributed by atoms with Crippen molar-refractivity contribution in [2.24, 2.45) is 17.8 Å². The maximum atomic E-state index is 12.8. The first-order valence-electron chi connectivity index (χ1n) is 8.33. The monoisotopic (exact) mass is 285 g/mol. The lowest BCUT2D eigenvalue weighted by Crippen LogP contribution is -2.37. The van der Waals surface area contributed by atoms with E-state index in [2.05, 4.69) is 0 Å². The number of para-hydroxylation sites is 1. The molecule has 1 amide bonds. The number of carbonyl (C=O) groups is 1. The van der Waals surface area contributed by atoms with Gasteiger partial charge in [-0.25, -0.2) is 0 Å². The molecule has 0 radical (unpaired) electrons. The first-order chi connectivity index (χ1) is 10.2. The molecule has 3 unspecified atom stereocenters. The number of amides is 1. The quantitative estimate of drug-likeness (QED) is 0.903. The molecule has 1 aromatic carbocycles. The fourth-order valence-electron chi connectivity index (χ4n) is 4.84. The van der Waals surface area contributed by atoms with Crippen molar-refractivity contribution in [2.45, 2.75) is 44.9 Å². The molecule has 2 fully saturated rings. The van der Waals surface area contributed by atoms with Gasteiger partial charge in [0.15, 0.2) is 0 Å². The third kappa shape index (κ3) is 2.23. The normalized spacial score (nSPS) is 30.5. The first kappa shape index (κ1) is 13.2. The number of phenolic OH excluding ortho intramolecular Hbond substituents is 1. The fourth-order valence-corrected chi connectivity index (χ4v) is 4.84. The zero-order valence-corrected chi connectivity index (χ0v) is 12.4. The topological polar surface area (TPSA) is 40.5 Å². The van der Waals surface area contributed by atoms with Crippen LogP contribution in [0.15, 0.2) is 18.2 Å². The Labute approximate surface area is 126 Å². The number of hydrogen-bond acceptors (Lipinski definition) is 2. The van der Waals surface area contributed by atoms with Crippen molar-refractivity contribution < 1.29 is 9.90 Å². The summed E-state index contributed by atoms with van der Waals surface area (Å²) >= 11 is 0. The number of nitrogens with zero attached hydrogens (tertiary/aromatic N) is 1. The summed E-state index contributed by atoms with van der Waals surface area (Å²) in [6, 6.07) is 5.60. The summed E-state index contributed by atoms with van der Waals surface area (Å²) in [6.07, 6.45) is 7.93. The fraction of sp³-hybridized carbons (Fsp3) is 0.611. The lowest BCUT2D eigenvalue weighted by molar-refractivity contribution is -0.120. The second kappa shape index (κ2) is 5.04. The number of aryl methyl sites for hydroxylation is 1. The van der Waals surface area contributed by atoms with Gasteiger partial charge in [-0.05, 0) is 61.5 Å². The number of carbonyl (C=O) groups excluding carboxylic acids is 1. The van der Waals surface area contributed by atoms with Crippen LogP contribution >= 0.6 is 0 Å². The van der Waals surface area contributed by atoms with E-state index in [1.165, 1.54) is 25.7 Å². The van der Waals surface area contributed by atoms with Crippen LogP contribution in [0.4, 0.5) is 5.69 Å². The average molecular weight is 285 g/mol. The predicted octanol–water partition coefficient (Wildman–Crippen LogP) is 3.50. The molecule has 1 aromatic rings. The Morgan fingerprint density at radius 2 is 2.19 bits per heavy atom. The van der Waals surface area contributed by atoms with Crippen LogP contribution in [-0.4, -0.2) is 17.6 Å². The summed E-state index contributed by atoms with van der Waals surface area (Å²) in [4.78, 5) is 14.6. The van der Waals surface area contributed by atoms with Crippen LogP contribution in [0.3, 0.4) is 0 Å². The predicted molar refractivity (Wildman–Crippen MR) is 82.3 cm³/mol. The molecule has 3 nitrogen and oxygen atoms in total. The largest absolute Gasteiger partial charge is 0.506 e. The van der Waals surface area contributed by atoms with Crippen LogP contribution in [0, 0.1) is 17.8 Å². The van der Waals surface area contributed by atoms with Crippen LogP contribution in [0.2, 0.25) is 0 Å². The van der Waals surface area contributed by atoms with E-state index >= 15 is 0 Å². The van der Waals surface area contributed by atoms with E-state index in [9.17, 15) is 9.90 Å². The molecular weight excluding hydrogens is 262 g/mol. The lowest BCUT2D eigenvalue weighted by atomic mass is 9.86. The van der Waals surface area contributed by atoms with Crippen LogP contribution in [0.25, 0.3) is 0 Å². The molecule has 4 rings (SSSR count). The minimum Gasteiger partial charge on any atom is -0.506 e. The minimum atomic E-state index is 0.218. The molecule has 2 bridgehead atoms. The Morgan fingerprint density at radius 3 is 2.95 bits per heavy atom. The highest BCUT2D eigenvalue weighted by atomic mass is 16.3. The van der Waals surface area contributed by atoms with Crippen LogP contribution in [0.5, 0.6) is 5.75 Å². The van der Waals surface area contributed by atoms with Gasteiger partial charge in [-0.15, -0.1) is 0 Å². The number of fused-ring (bicyclic) bond motifs is 3. The standard InChI is InChI=1S/C18H23NO2/c20-16-5-1-3-13-4-2-8-19(18(13)16)17(21)11-15-10-12-6-7-14(15)9-12/h1,3,5,12,14-15,20H,2,4,6-11H2. The van der Waals surface area contributed by atoms with Gasteiger partial charge in [0, 0.05) is 13.0 Å². The van der Waals surface area contributed by atoms with E-state index in [-0.39, 0.29) is 11.7 Å². The maximum Gasteiger partial charge on any atom is 0.227 e. The third-order valence-corrected chi connectivity index (χ3v) is 5.82. The van der Waals surface area contributed by atoms with Crippen molar-refractivity contribution in [2.75, 3.05) is 11.4 Å². The summed E-state index contributed by atoms with van der Waals surface area (Å²) in [6.45, 7) is 0.754. The van der Waals surface area contributed by atoms with E-state index in [0.29, 0.717) is 12.3 Å². The molecule has 112 valence electrons. The van der Waals surface area contributed by atoms with Crippen molar-refractivity contribution in [1.29, 1.82) is 0 Å². The van der Waals surface area contributed by atoms with Crippen molar-refractivity contribution in [3.63, 3.8) is 0 Å². The smallest absolute Gasteiger partial charge is 0.227 e. The van der Waals surface area contributed by atoms with Gasteiger partial charge in [0.1, 0.15) is 5.75 Å². The van der Waals surface area contributed by atoms with Gasteiger partial charge < -0.3 is 10.0 Å². The van der Waals surface area contributed by atoms with Gasteiger partial charge in [0.2, 0.25) is 5.91 Å². The summed E-state index contributed by atoms with van der Waals surface area (Å²) in [7, 11) is 0. The van der Waals surface area contributed by atoms with Gasteiger partial charge >= 0.3 is 0 Å². The highest BCUT2D eigenvalue weighted by Gasteiger charge is 2.41. The second-order valence-electron chi connectivity index (χ2n) is 7.07. The van der Waals surface area contributed by atoms with Gasteiger partial charge in [0.05, 0.1) is 5.69 Å².